The highest BCUT2D eigenvalue weighted by Gasteiger charge is 2.19. The number of benzene rings is 1. The lowest BCUT2D eigenvalue weighted by atomic mass is 10.1. The summed E-state index contributed by atoms with van der Waals surface area (Å²) in [6.07, 6.45) is 2.46. The maximum atomic E-state index is 12.8. The van der Waals surface area contributed by atoms with Crippen molar-refractivity contribution in [2.24, 2.45) is 25.1 Å². The quantitative estimate of drug-likeness (QED) is 0.417. The molecule has 0 aliphatic rings. The molecule has 0 saturated heterocycles. The minimum atomic E-state index is -0.421. The van der Waals surface area contributed by atoms with Crippen LogP contribution in [0.5, 0.6) is 5.75 Å². The third-order valence-electron chi connectivity index (χ3n) is 4.84. The topological polar surface area (TPSA) is 95.4 Å². The van der Waals surface area contributed by atoms with Crippen molar-refractivity contribution in [3.63, 3.8) is 0 Å². The van der Waals surface area contributed by atoms with Crippen LogP contribution in [-0.2, 0) is 20.6 Å². The molecule has 160 valence electrons. The Balaban J connectivity index is 2.07. The number of hydrazone groups is 1. The van der Waals surface area contributed by atoms with Gasteiger partial charge in [0, 0.05) is 30.7 Å². The number of imidazole rings is 1. The van der Waals surface area contributed by atoms with Gasteiger partial charge in [0.1, 0.15) is 5.75 Å². The van der Waals surface area contributed by atoms with Gasteiger partial charge in [-0.25, -0.2) is 10.2 Å². The molecule has 2 heterocycles. The smallest absolute Gasteiger partial charge is 0.332 e. The van der Waals surface area contributed by atoms with Crippen molar-refractivity contribution in [3.05, 3.63) is 49.1 Å². The second-order valence-electron chi connectivity index (χ2n) is 7.40. The zero-order valence-corrected chi connectivity index (χ0v) is 19.2. The summed E-state index contributed by atoms with van der Waals surface area (Å²) in [6.45, 7) is 4.79. The standard InChI is InChI=1S/C20H25BrN6O3/c1-12(2)8-9-27-16-17(25(3)20(29)26(4)18(16)28)23-19(27)24-22-11-13-10-14(21)6-7-15(13)30-5/h6-7,10-12H,8-9H2,1-5H3,(H,23,24). The van der Waals surface area contributed by atoms with Crippen LogP contribution in [0.4, 0.5) is 5.95 Å². The van der Waals surface area contributed by atoms with Gasteiger partial charge in [-0.1, -0.05) is 29.8 Å². The van der Waals surface area contributed by atoms with E-state index in [0.717, 1.165) is 21.0 Å². The largest absolute Gasteiger partial charge is 0.496 e. The summed E-state index contributed by atoms with van der Waals surface area (Å²) < 4.78 is 10.5. The lowest BCUT2D eigenvalue weighted by Gasteiger charge is -2.10. The van der Waals surface area contributed by atoms with Gasteiger partial charge in [0.15, 0.2) is 11.2 Å². The summed E-state index contributed by atoms with van der Waals surface area (Å²) in [6, 6.07) is 5.60. The van der Waals surface area contributed by atoms with Gasteiger partial charge in [-0.2, -0.15) is 10.1 Å². The molecule has 0 atom stereocenters. The maximum absolute atomic E-state index is 12.8. The molecule has 1 N–H and O–H groups in total. The number of methoxy groups -OCH3 is 1. The lowest BCUT2D eigenvalue weighted by Crippen LogP contribution is -2.37. The van der Waals surface area contributed by atoms with Crippen LogP contribution in [-0.4, -0.2) is 32.0 Å². The van der Waals surface area contributed by atoms with Gasteiger partial charge in [-0.3, -0.25) is 13.9 Å². The Bertz CT molecular complexity index is 1220. The molecule has 2 aromatic heterocycles. The number of nitrogens with one attached hydrogen (secondary N) is 1. The molecule has 30 heavy (non-hydrogen) atoms. The minimum absolute atomic E-state index is 0.324. The zero-order chi connectivity index (χ0) is 22.0. The number of anilines is 1. The highest BCUT2D eigenvalue weighted by Crippen LogP contribution is 2.22. The highest BCUT2D eigenvalue weighted by molar-refractivity contribution is 9.10. The Kier molecular flexibility index (Phi) is 6.45. The number of hydrogen-bond donors (Lipinski definition) is 1. The van der Waals surface area contributed by atoms with Crippen LogP contribution in [0.25, 0.3) is 11.2 Å². The number of aromatic nitrogens is 4. The molecule has 0 aliphatic carbocycles. The van der Waals surface area contributed by atoms with Crippen LogP contribution in [0.15, 0.2) is 37.4 Å². The third kappa shape index (κ3) is 4.18. The van der Waals surface area contributed by atoms with E-state index in [1.807, 2.05) is 18.2 Å². The monoisotopic (exact) mass is 476 g/mol. The first-order valence-electron chi connectivity index (χ1n) is 9.53. The van der Waals surface area contributed by atoms with E-state index in [-0.39, 0.29) is 5.56 Å². The van der Waals surface area contributed by atoms with E-state index < -0.39 is 5.69 Å². The lowest BCUT2D eigenvalue weighted by molar-refractivity contribution is 0.414. The van der Waals surface area contributed by atoms with Gasteiger partial charge in [0.2, 0.25) is 5.95 Å². The van der Waals surface area contributed by atoms with Gasteiger partial charge >= 0.3 is 5.69 Å². The fraction of sp³-hybridized carbons (Fsp3) is 0.400. The van der Waals surface area contributed by atoms with E-state index in [4.69, 9.17) is 4.74 Å². The Hall–Kier alpha value is -2.88. The predicted octanol–water partition coefficient (Wildman–Crippen LogP) is 2.70. The van der Waals surface area contributed by atoms with E-state index in [0.29, 0.717) is 35.3 Å². The van der Waals surface area contributed by atoms with Crippen molar-refractivity contribution in [3.8, 4) is 5.75 Å². The molecular weight excluding hydrogens is 452 g/mol. The number of fused-ring (bicyclic) bond motifs is 1. The summed E-state index contributed by atoms with van der Waals surface area (Å²) in [5, 5.41) is 4.29. The summed E-state index contributed by atoms with van der Waals surface area (Å²) in [5.74, 6) is 1.50. The molecule has 1 aromatic carbocycles. The zero-order valence-electron chi connectivity index (χ0n) is 17.6. The summed E-state index contributed by atoms with van der Waals surface area (Å²) >= 11 is 3.44. The molecule has 3 aromatic rings. The Morgan fingerprint density at radius 1 is 1.27 bits per heavy atom. The first-order chi connectivity index (χ1) is 14.2. The number of nitrogens with zero attached hydrogens (tertiary/aromatic N) is 5. The molecule has 3 rings (SSSR count). The first-order valence-corrected chi connectivity index (χ1v) is 10.3. The number of rotatable bonds is 7. The molecule has 10 heteroatoms. The predicted molar refractivity (Wildman–Crippen MR) is 122 cm³/mol. The normalized spacial score (nSPS) is 11.7. The Labute approximate surface area is 182 Å². The van der Waals surface area contributed by atoms with Crippen molar-refractivity contribution in [2.75, 3.05) is 12.5 Å². The van der Waals surface area contributed by atoms with Gasteiger partial charge in [-0.05, 0) is 30.5 Å². The van der Waals surface area contributed by atoms with Gasteiger partial charge in [0.05, 0.1) is 13.3 Å². The van der Waals surface area contributed by atoms with Gasteiger partial charge in [0.25, 0.3) is 5.56 Å². The third-order valence-corrected chi connectivity index (χ3v) is 5.33. The molecule has 0 radical (unpaired) electrons. The molecular formula is C20H25BrN6O3. The summed E-state index contributed by atoms with van der Waals surface area (Å²) in [5.41, 5.74) is 3.59. The Morgan fingerprint density at radius 3 is 2.67 bits per heavy atom. The van der Waals surface area contributed by atoms with Crippen LogP contribution >= 0.6 is 15.9 Å². The average molecular weight is 477 g/mol. The number of ether oxygens (including phenoxy) is 1. The fourth-order valence-corrected chi connectivity index (χ4v) is 3.48. The van der Waals surface area contributed by atoms with Crippen molar-refractivity contribution in [1.82, 2.24) is 18.7 Å². The Morgan fingerprint density at radius 2 is 2.00 bits per heavy atom. The molecule has 9 nitrogen and oxygen atoms in total. The first kappa shape index (κ1) is 21.8. The van der Waals surface area contributed by atoms with E-state index in [2.05, 4.69) is 45.3 Å². The fourth-order valence-electron chi connectivity index (χ4n) is 3.10. The van der Waals surface area contributed by atoms with Crippen LogP contribution in [0.3, 0.4) is 0 Å². The molecule has 0 saturated carbocycles. The van der Waals surface area contributed by atoms with Crippen LogP contribution in [0.1, 0.15) is 25.8 Å². The van der Waals surface area contributed by atoms with Crippen molar-refractivity contribution in [1.29, 1.82) is 0 Å². The minimum Gasteiger partial charge on any atom is -0.496 e. The SMILES string of the molecule is COc1ccc(Br)cc1C=NNc1nc2c(c(=O)n(C)c(=O)n2C)n1CCC(C)C. The second-order valence-corrected chi connectivity index (χ2v) is 8.32. The second kappa shape index (κ2) is 8.86. The average Bonchev–Trinajstić information content (AvgIpc) is 3.08. The van der Waals surface area contributed by atoms with E-state index >= 15 is 0 Å². The number of aryl methyl sites for hydroxylation is 2. The maximum Gasteiger partial charge on any atom is 0.332 e. The van der Waals surface area contributed by atoms with E-state index in [9.17, 15) is 9.59 Å². The van der Waals surface area contributed by atoms with Crippen LogP contribution < -0.4 is 21.4 Å². The molecule has 0 fully saturated rings. The van der Waals surface area contributed by atoms with E-state index in [1.165, 1.54) is 11.6 Å². The summed E-state index contributed by atoms with van der Waals surface area (Å²) in [7, 11) is 4.66. The molecule has 0 amide bonds. The number of hydrogen-bond acceptors (Lipinski definition) is 6. The van der Waals surface area contributed by atoms with Crippen LogP contribution in [0.2, 0.25) is 0 Å². The van der Waals surface area contributed by atoms with Gasteiger partial charge < -0.3 is 9.30 Å². The molecule has 0 spiro atoms. The van der Waals surface area contributed by atoms with E-state index in [1.54, 1.807) is 24.9 Å². The molecule has 0 bridgehead atoms. The molecule has 0 unspecified atom stereocenters. The molecule has 0 aliphatic heterocycles. The van der Waals surface area contributed by atoms with Crippen molar-refractivity contribution in [2.45, 2.75) is 26.8 Å². The van der Waals surface area contributed by atoms with Crippen molar-refractivity contribution < 1.29 is 4.74 Å². The van der Waals surface area contributed by atoms with Crippen LogP contribution in [0, 0.1) is 5.92 Å². The van der Waals surface area contributed by atoms with Crippen molar-refractivity contribution >= 4 is 39.3 Å². The van der Waals surface area contributed by atoms with Gasteiger partial charge in [-0.15, -0.1) is 0 Å². The summed E-state index contributed by atoms with van der Waals surface area (Å²) in [4.78, 5) is 29.6. The number of halogens is 1. The highest BCUT2D eigenvalue weighted by atomic mass is 79.9.